The van der Waals surface area contributed by atoms with E-state index in [1.54, 1.807) is 0 Å². The van der Waals surface area contributed by atoms with Crippen molar-refractivity contribution in [3.63, 3.8) is 0 Å². The zero-order valence-corrected chi connectivity index (χ0v) is 27.7. The second-order valence-electron chi connectivity index (χ2n) is 13.4. The number of aromatic nitrogens is 3. The number of rotatable bonds is 4. The summed E-state index contributed by atoms with van der Waals surface area (Å²) in [6.45, 7) is 0. The largest absolute Gasteiger partial charge is 0.309 e. The lowest BCUT2D eigenvalue weighted by Crippen LogP contribution is -1.94. The summed E-state index contributed by atoms with van der Waals surface area (Å²) >= 11 is 0. The van der Waals surface area contributed by atoms with Gasteiger partial charge >= 0.3 is 0 Å². The maximum atomic E-state index is 2.44. The zero-order chi connectivity index (χ0) is 33.5. The number of benzene rings is 8. The van der Waals surface area contributed by atoms with E-state index in [1.165, 1.54) is 87.9 Å². The van der Waals surface area contributed by atoms with Gasteiger partial charge in [-0.2, -0.15) is 0 Å². The first-order chi connectivity index (χ1) is 25.3. The van der Waals surface area contributed by atoms with Gasteiger partial charge < -0.3 is 13.7 Å². The predicted molar refractivity (Wildman–Crippen MR) is 215 cm³/mol. The molecule has 0 aliphatic rings. The van der Waals surface area contributed by atoms with Crippen LogP contribution in [0.2, 0.25) is 0 Å². The van der Waals surface area contributed by atoms with Crippen LogP contribution in [0.25, 0.3) is 93.6 Å². The van der Waals surface area contributed by atoms with Crippen LogP contribution in [0.4, 0.5) is 0 Å². The number of fused-ring (bicyclic) bond motifs is 10. The molecule has 0 saturated heterocycles. The van der Waals surface area contributed by atoms with Gasteiger partial charge in [0.05, 0.1) is 33.1 Å². The summed E-state index contributed by atoms with van der Waals surface area (Å²) in [5.41, 5.74) is 13.2. The Kier molecular flexibility index (Phi) is 5.96. The van der Waals surface area contributed by atoms with Crippen molar-refractivity contribution in [1.82, 2.24) is 13.7 Å². The highest BCUT2D eigenvalue weighted by molar-refractivity contribution is 6.22. The first-order valence-corrected chi connectivity index (χ1v) is 17.5. The second-order valence-corrected chi connectivity index (χ2v) is 13.4. The van der Waals surface area contributed by atoms with Gasteiger partial charge in [-0.1, -0.05) is 121 Å². The number of para-hydroxylation sites is 4. The molecule has 238 valence electrons. The van der Waals surface area contributed by atoms with Crippen molar-refractivity contribution in [3.05, 3.63) is 188 Å². The minimum Gasteiger partial charge on any atom is -0.309 e. The average Bonchev–Trinajstić information content (AvgIpc) is 3.84. The van der Waals surface area contributed by atoms with Gasteiger partial charge in [0.15, 0.2) is 0 Å². The molecule has 0 aliphatic heterocycles. The molecular formula is C48H31N3. The average molecular weight is 650 g/mol. The van der Waals surface area contributed by atoms with E-state index in [-0.39, 0.29) is 0 Å². The molecule has 3 aromatic heterocycles. The lowest BCUT2D eigenvalue weighted by atomic mass is 10.00. The monoisotopic (exact) mass is 649 g/mol. The molecule has 0 atom stereocenters. The number of hydrogen-bond acceptors (Lipinski definition) is 0. The quantitative estimate of drug-likeness (QED) is 0.180. The van der Waals surface area contributed by atoms with E-state index in [0.29, 0.717) is 0 Å². The first kappa shape index (κ1) is 28.0. The van der Waals surface area contributed by atoms with E-state index in [9.17, 15) is 0 Å². The summed E-state index contributed by atoms with van der Waals surface area (Å²) in [5.74, 6) is 0. The highest BCUT2D eigenvalue weighted by Crippen LogP contribution is 2.42. The van der Waals surface area contributed by atoms with Crippen LogP contribution in [0, 0.1) is 0 Å². The molecule has 0 amide bonds. The van der Waals surface area contributed by atoms with Crippen LogP contribution in [0.1, 0.15) is 0 Å². The van der Waals surface area contributed by atoms with Gasteiger partial charge in [0.25, 0.3) is 0 Å². The van der Waals surface area contributed by atoms with Gasteiger partial charge in [-0.05, 0) is 88.6 Å². The normalized spacial score (nSPS) is 11.9. The first-order valence-electron chi connectivity index (χ1n) is 17.5. The Morgan fingerprint density at radius 3 is 1.39 bits per heavy atom. The minimum atomic E-state index is 1.15. The fraction of sp³-hybridized carbons (Fsp3) is 0. The molecule has 0 bridgehead atoms. The Morgan fingerprint density at radius 2 is 0.745 bits per heavy atom. The van der Waals surface area contributed by atoms with Gasteiger partial charge in [0.2, 0.25) is 0 Å². The summed E-state index contributed by atoms with van der Waals surface area (Å²) in [5, 5.41) is 7.57. The molecule has 11 aromatic rings. The summed E-state index contributed by atoms with van der Waals surface area (Å²) in [7, 11) is 0. The van der Waals surface area contributed by atoms with Crippen LogP contribution in [-0.4, -0.2) is 13.7 Å². The molecule has 0 unspecified atom stereocenters. The summed E-state index contributed by atoms with van der Waals surface area (Å²) in [6.07, 6.45) is 0. The Hall–Kier alpha value is -6.84. The highest BCUT2D eigenvalue weighted by atomic mass is 15.1. The fourth-order valence-electron chi connectivity index (χ4n) is 8.43. The van der Waals surface area contributed by atoms with Crippen LogP contribution < -0.4 is 0 Å². The van der Waals surface area contributed by atoms with Crippen molar-refractivity contribution in [2.45, 2.75) is 0 Å². The van der Waals surface area contributed by atoms with E-state index < -0.39 is 0 Å². The molecule has 3 heteroatoms. The van der Waals surface area contributed by atoms with Crippen molar-refractivity contribution < 1.29 is 0 Å². The third-order valence-corrected chi connectivity index (χ3v) is 10.6. The van der Waals surface area contributed by atoms with E-state index >= 15 is 0 Å². The molecule has 3 heterocycles. The number of hydrogen-bond donors (Lipinski definition) is 0. The predicted octanol–water partition coefficient (Wildman–Crippen LogP) is 12.6. The summed E-state index contributed by atoms with van der Waals surface area (Å²) in [4.78, 5) is 0. The van der Waals surface area contributed by atoms with Crippen LogP contribution in [0.15, 0.2) is 188 Å². The van der Waals surface area contributed by atoms with E-state index in [1.807, 2.05) is 0 Å². The molecule has 0 saturated carbocycles. The van der Waals surface area contributed by atoms with Gasteiger partial charge in [0.1, 0.15) is 0 Å². The smallest absolute Gasteiger partial charge is 0.0803 e. The maximum Gasteiger partial charge on any atom is 0.0803 e. The Bertz CT molecular complexity index is 3100. The van der Waals surface area contributed by atoms with Gasteiger partial charge in [-0.3, -0.25) is 0 Å². The molecule has 0 spiro atoms. The molecule has 0 fully saturated rings. The van der Waals surface area contributed by atoms with Crippen molar-refractivity contribution in [1.29, 1.82) is 0 Å². The van der Waals surface area contributed by atoms with Crippen LogP contribution >= 0.6 is 0 Å². The molecule has 0 N–H and O–H groups in total. The van der Waals surface area contributed by atoms with Crippen molar-refractivity contribution in [2.24, 2.45) is 0 Å². The lowest BCUT2D eigenvalue weighted by molar-refractivity contribution is 1.17. The van der Waals surface area contributed by atoms with Gasteiger partial charge in [0, 0.05) is 38.6 Å². The van der Waals surface area contributed by atoms with E-state index in [4.69, 9.17) is 0 Å². The molecule has 3 nitrogen and oxygen atoms in total. The van der Waals surface area contributed by atoms with Crippen LogP contribution in [0.5, 0.6) is 0 Å². The Balaban J connectivity index is 1.12. The summed E-state index contributed by atoms with van der Waals surface area (Å²) in [6, 6.07) is 68.3. The van der Waals surface area contributed by atoms with Crippen LogP contribution in [0.3, 0.4) is 0 Å². The number of nitrogens with zero attached hydrogens (tertiary/aromatic N) is 3. The Labute approximate surface area is 294 Å². The third-order valence-electron chi connectivity index (χ3n) is 10.6. The van der Waals surface area contributed by atoms with E-state index in [0.717, 1.165) is 5.69 Å². The molecule has 0 aliphatic carbocycles. The fourth-order valence-corrected chi connectivity index (χ4v) is 8.43. The highest BCUT2D eigenvalue weighted by Gasteiger charge is 2.22. The molecule has 51 heavy (non-hydrogen) atoms. The molecular weight excluding hydrogens is 619 g/mol. The molecule has 0 radical (unpaired) electrons. The maximum absolute atomic E-state index is 2.44. The van der Waals surface area contributed by atoms with E-state index in [2.05, 4.69) is 202 Å². The molecule has 11 rings (SSSR count). The standard InChI is InChI=1S/C48H31N3/c1-3-14-35(15-4-1)49-44-29-26-34(31-41(44)46-38-18-8-7-13-33(38)25-30-45(46)49)32-23-27-37(28-24-32)51-43-22-12-10-20-40(43)47-48(51)39-19-9-11-21-42(39)50(47)36-16-5-2-6-17-36/h1-31H. The van der Waals surface area contributed by atoms with Gasteiger partial charge in [-0.25, -0.2) is 0 Å². The SMILES string of the molecule is c1ccc(-n2c3ccc(-c4ccc(-n5c6ccccc6c6c5c5ccccc5n6-c5ccccc5)cc4)cc3c3c4ccccc4ccc32)cc1. The minimum absolute atomic E-state index is 1.15. The molecule has 8 aromatic carbocycles. The topological polar surface area (TPSA) is 14.8 Å². The van der Waals surface area contributed by atoms with Crippen LogP contribution in [-0.2, 0) is 0 Å². The van der Waals surface area contributed by atoms with Gasteiger partial charge in [-0.15, -0.1) is 0 Å². The van der Waals surface area contributed by atoms with Crippen molar-refractivity contribution >= 4 is 65.4 Å². The van der Waals surface area contributed by atoms with Crippen molar-refractivity contribution in [3.8, 4) is 28.2 Å². The second kappa shape index (κ2) is 10.8. The van der Waals surface area contributed by atoms with Crippen molar-refractivity contribution in [2.75, 3.05) is 0 Å². The Morgan fingerprint density at radius 1 is 0.275 bits per heavy atom. The lowest BCUT2D eigenvalue weighted by Gasteiger charge is -2.10. The zero-order valence-electron chi connectivity index (χ0n) is 27.7. The third kappa shape index (κ3) is 4.06. The summed E-state index contributed by atoms with van der Waals surface area (Å²) < 4.78 is 7.26.